The number of amides is 1. The Morgan fingerprint density at radius 3 is 2.62 bits per heavy atom. The topological polar surface area (TPSA) is 60.1 Å². The lowest BCUT2D eigenvalue weighted by Crippen LogP contribution is -2.26. The molecule has 0 unspecified atom stereocenters. The number of rotatable bonds is 2. The Bertz CT molecular complexity index is 932. The summed E-state index contributed by atoms with van der Waals surface area (Å²) >= 11 is 3.45. The van der Waals surface area contributed by atoms with E-state index in [2.05, 4.69) is 26.3 Å². The predicted octanol–water partition coefficient (Wildman–Crippen LogP) is 5.02. The molecular formula is C18H20BrN3O2. The van der Waals surface area contributed by atoms with Gasteiger partial charge in [0.2, 0.25) is 0 Å². The summed E-state index contributed by atoms with van der Waals surface area (Å²) in [6, 6.07) is 7.56. The predicted molar refractivity (Wildman–Crippen MR) is 98.6 cm³/mol. The molecule has 0 atom stereocenters. The van der Waals surface area contributed by atoms with Crippen LogP contribution in [0.15, 0.2) is 33.2 Å². The SMILES string of the molecule is Cc1cc(NC(=O)c2oc3ccc(Br)cc3c2C)n(C(C)(C)C)n1. The van der Waals surface area contributed by atoms with Gasteiger partial charge in [0.15, 0.2) is 5.76 Å². The van der Waals surface area contributed by atoms with E-state index in [1.807, 2.05) is 63.6 Å². The second-order valence-corrected chi connectivity index (χ2v) is 7.82. The molecule has 0 radical (unpaired) electrons. The van der Waals surface area contributed by atoms with Gasteiger partial charge in [0.1, 0.15) is 11.4 Å². The highest BCUT2D eigenvalue weighted by atomic mass is 79.9. The molecule has 0 saturated heterocycles. The number of furan rings is 1. The van der Waals surface area contributed by atoms with Crippen LogP contribution < -0.4 is 5.32 Å². The van der Waals surface area contributed by atoms with E-state index in [0.29, 0.717) is 17.2 Å². The fraction of sp³-hybridized carbons (Fsp3) is 0.333. The summed E-state index contributed by atoms with van der Waals surface area (Å²) < 4.78 is 8.52. The Balaban J connectivity index is 1.98. The van der Waals surface area contributed by atoms with Crippen LogP contribution in [0.25, 0.3) is 11.0 Å². The monoisotopic (exact) mass is 389 g/mol. The van der Waals surface area contributed by atoms with E-state index in [1.165, 1.54) is 0 Å². The number of halogens is 1. The molecule has 5 nitrogen and oxygen atoms in total. The van der Waals surface area contributed by atoms with E-state index in [9.17, 15) is 4.79 Å². The van der Waals surface area contributed by atoms with E-state index in [1.54, 1.807) is 0 Å². The lowest BCUT2D eigenvalue weighted by atomic mass is 10.1. The maximum atomic E-state index is 12.7. The van der Waals surface area contributed by atoms with Crippen molar-refractivity contribution in [1.29, 1.82) is 0 Å². The molecule has 1 N–H and O–H groups in total. The van der Waals surface area contributed by atoms with Crippen LogP contribution in [-0.2, 0) is 5.54 Å². The molecule has 0 aliphatic heterocycles. The third-order valence-corrected chi connectivity index (χ3v) is 4.31. The number of anilines is 1. The van der Waals surface area contributed by atoms with Gasteiger partial charge >= 0.3 is 0 Å². The van der Waals surface area contributed by atoms with Crippen molar-refractivity contribution < 1.29 is 9.21 Å². The number of fused-ring (bicyclic) bond motifs is 1. The molecule has 6 heteroatoms. The molecule has 1 aromatic carbocycles. The van der Waals surface area contributed by atoms with Crippen LogP contribution >= 0.6 is 15.9 Å². The first kappa shape index (κ1) is 16.8. The zero-order chi connectivity index (χ0) is 17.6. The van der Waals surface area contributed by atoms with Crippen LogP contribution in [0.1, 0.15) is 42.6 Å². The second-order valence-electron chi connectivity index (χ2n) is 6.90. The number of benzene rings is 1. The quantitative estimate of drug-likeness (QED) is 0.669. The third kappa shape index (κ3) is 2.98. The highest BCUT2D eigenvalue weighted by molar-refractivity contribution is 9.10. The van der Waals surface area contributed by atoms with E-state index >= 15 is 0 Å². The first-order valence-electron chi connectivity index (χ1n) is 7.74. The molecule has 0 spiro atoms. The third-order valence-electron chi connectivity index (χ3n) is 3.81. The van der Waals surface area contributed by atoms with Gasteiger partial charge in [0.05, 0.1) is 11.2 Å². The largest absolute Gasteiger partial charge is 0.451 e. The number of hydrogen-bond donors (Lipinski definition) is 1. The van der Waals surface area contributed by atoms with Crippen molar-refractivity contribution in [2.45, 2.75) is 40.2 Å². The van der Waals surface area contributed by atoms with Crippen molar-refractivity contribution >= 4 is 38.6 Å². The first-order chi connectivity index (χ1) is 11.2. The summed E-state index contributed by atoms with van der Waals surface area (Å²) in [5, 5.41) is 8.32. The van der Waals surface area contributed by atoms with Crippen molar-refractivity contribution in [3.63, 3.8) is 0 Å². The zero-order valence-electron chi connectivity index (χ0n) is 14.4. The van der Waals surface area contributed by atoms with Crippen molar-refractivity contribution in [3.8, 4) is 0 Å². The second kappa shape index (κ2) is 5.77. The zero-order valence-corrected chi connectivity index (χ0v) is 16.0. The number of hydrogen-bond acceptors (Lipinski definition) is 3. The number of aromatic nitrogens is 2. The highest BCUT2D eigenvalue weighted by Crippen LogP contribution is 2.29. The molecule has 0 fully saturated rings. The average Bonchev–Trinajstić information content (AvgIpc) is 3.00. The molecule has 0 bridgehead atoms. The van der Waals surface area contributed by atoms with Gasteiger partial charge in [-0.05, 0) is 52.8 Å². The van der Waals surface area contributed by atoms with E-state index in [-0.39, 0.29) is 11.4 Å². The normalized spacial score (nSPS) is 11.9. The summed E-state index contributed by atoms with van der Waals surface area (Å²) in [6.45, 7) is 9.92. The standard InChI is InChI=1S/C18H20BrN3O2/c1-10-8-15(22(21-10)18(3,4)5)20-17(23)16-11(2)13-9-12(19)6-7-14(13)24-16/h6-9H,1-5H3,(H,20,23). The molecule has 2 heterocycles. The number of nitrogens with one attached hydrogen (secondary N) is 1. The summed E-state index contributed by atoms with van der Waals surface area (Å²) in [6.07, 6.45) is 0. The minimum atomic E-state index is -0.273. The van der Waals surface area contributed by atoms with Crippen molar-refractivity contribution in [3.05, 3.63) is 45.8 Å². The average molecular weight is 390 g/mol. The van der Waals surface area contributed by atoms with Gasteiger partial charge in [0.25, 0.3) is 5.91 Å². The van der Waals surface area contributed by atoms with Gasteiger partial charge in [-0.1, -0.05) is 15.9 Å². The number of carbonyl (C=O) groups excluding carboxylic acids is 1. The lowest BCUT2D eigenvalue weighted by molar-refractivity contribution is 0.0996. The van der Waals surface area contributed by atoms with E-state index in [4.69, 9.17) is 4.42 Å². The minimum absolute atomic E-state index is 0.231. The Hall–Kier alpha value is -2.08. The number of aryl methyl sites for hydroxylation is 2. The molecule has 3 aromatic rings. The molecule has 3 rings (SSSR count). The molecule has 2 aromatic heterocycles. The van der Waals surface area contributed by atoms with Crippen LogP contribution in [0, 0.1) is 13.8 Å². The lowest BCUT2D eigenvalue weighted by Gasteiger charge is -2.22. The number of carbonyl (C=O) groups is 1. The number of nitrogens with zero attached hydrogens (tertiary/aromatic N) is 2. The Morgan fingerprint density at radius 1 is 1.25 bits per heavy atom. The molecule has 126 valence electrons. The molecule has 1 amide bonds. The van der Waals surface area contributed by atoms with Crippen LogP contribution in [0.5, 0.6) is 0 Å². The molecule has 24 heavy (non-hydrogen) atoms. The van der Waals surface area contributed by atoms with Crippen LogP contribution in [0.4, 0.5) is 5.82 Å². The van der Waals surface area contributed by atoms with Crippen LogP contribution in [0.3, 0.4) is 0 Å². The Labute approximate surface area is 149 Å². The van der Waals surface area contributed by atoms with Crippen molar-refractivity contribution in [1.82, 2.24) is 9.78 Å². The first-order valence-corrected chi connectivity index (χ1v) is 8.53. The smallest absolute Gasteiger partial charge is 0.292 e. The highest BCUT2D eigenvalue weighted by Gasteiger charge is 2.23. The van der Waals surface area contributed by atoms with Gasteiger partial charge in [-0.3, -0.25) is 4.79 Å². The summed E-state index contributed by atoms with van der Waals surface area (Å²) in [5.74, 6) is 0.707. The summed E-state index contributed by atoms with van der Waals surface area (Å²) in [7, 11) is 0. The summed E-state index contributed by atoms with van der Waals surface area (Å²) in [4.78, 5) is 12.7. The Morgan fingerprint density at radius 2 is 1.96 bits per heavy atom. The molecule has 0 aliphatic carbocycles. The minimum Gasteiger partial charge on any atom is -0.451 e. The molecular weight excluding hydrogens is 370 g/mol. The van der Waals surface area contributed by atoms with Crippen LogP contribution in [0.2, 0.25) is 0 Å². The van der Waals surface area contributed by atoms with Gasteiger partial charge in [-0.25, -0.2) is 4.68 Å². The molecule has 0 saturated carbocycles. The maximum Gasteiger partial charge on any atom is 0.292 e. The van der Waals surface area contributed by atoms with Crippen LogP contribution in [-0.4, -0.2) is 15.7 Å². The fourth-order valence-corrected chi connectivity index (χ4v) is 3.04. The molecule has 0 aliphatic rings. The van der Waals surface area contributed by atoms with Gasteiger partial charge < -0.3 is 9.73 Å². The fourth-order valence-electron chi connectivity index (χ4n) is 2.68. The van der Waals surface area contributed by atoms with Crippen molar-refractivity contribution in [2.24, 2.45) is 0 Å². The Kier molecular flexibility index (Phi) is 4.03. The van der Waals surface area contributed by atoms with E-state index in [0.717, 1.165) is 21.1 Å². The van der Waals surface area contributed by atoms with Crippen molar-refractivity contribution in [2.75, 3.05) is 5.32 Å². The van der Waals surface area contributed by atoms with E-state index < -0.39 is 0 Å². The van der Waals surface area contributed by atoms with Gasteiger partial charge in [-0.2, -0.15) is 5.10 Å². The summed E-state index contributed by atoms with van der Waals surface area (Å²) in [5.41, 5.74) is 2.14. The maximum absolute atomic E-state index is 12.7. The van der Waals surface area contributed by atoms with Gasteiger partial charge in [0, 0.05) is 21.5 Å². The van der Waals surface area contributed by atoms with Gasteiger partial charge in [-0.15, -0.1) is 0 Å².